The summed E-state index contributed by atoms with van der Waals surface area (Å²) in [5.41, 5.74) is 1.70. The van der Waals surface area contributed by atoms with E-state index in [-0.39, 0.29) is 5.56 Å². The minimum atomic E-state index is -1.01. The summed E-state index contributed by atoms with van der Waals surface area (Å²) in [5.74, 6) is -0.498. The van der Waals surface area contributed by atoms with Crippen LogP contribution >= 0.6 is 11.6 Å². The molecule has 0 aliphatic heterocycles. The van der Waals surface area contributed by atoms with Crippen molar-refractivity contribution in [3.63, 3.8) is 0 Å². The third-order valence-corrected chi connectivity index (χ3v) is 2.94. The minimum Gasteiger partial charge on any atom is -0.492 e. The molecule has 3 nitrogen and oxygen atoms in total. The standard InChI is InChI=1S/C15H13ClO3/c1-2-19-14-12(10-6-4-3-5-7-10)8-11(15(17)18)9-13(14)16/h3-9H,2H2,1H3,(H,17,18). The van der Waals surface area contributed by atoms with Gasteiger partial charge in [-0.15, -0.1) is 0 Å². The van der Waals surface area contributed by atoms with Crippen molar-refractivity contribution in [1.29, 1.82) is 0 Å². The van der Waals surface area contributed by atoms with E-state index in [2.05, 4.69) is 0 Å². The van der Waals surface area contributed by atoms with Crippen molar-refractivity contribution in [2.45, 2.75) is 6.92 Å². The maximum absolute atomic E-state index is 11.1. The summed E-state index contributed by atoms with van der Waals surface area (Å²) in [6.45, 7) is 2.32. The third-order valence-electron chi connectivity index (χ3n) is 2.66. The normalized spacial score (nSPS) is 10.2. The molecule has 0 atom stereocenters. The summed E-state index contributed by atoms with van der Waals surface area (Å²) in [4.78, 5) is 11.1. The fraction of sp³-hybridized carbons (Fsp3) is 0.133. The van der Waals surface area contributed by atoms with Gasteiger partial charge in [-0.3, -0.25) is 0 Å². The summed E-state index contributed by atoms with van der Waals surface area (Å²) in [7, 11) is 0. The van der Waals surface area contributed by atoms with Crippen molar-refractivity contribution in [1.82, 2.24) is 0 Å². The number of hydrogen-bond acceptors (Lipinski definition) is 2. The zero-order chi connectivity index (χ0) is 13.8. The Bertz CT molecular complexity index is 594. The van der Waals surface area contributed by atoms with E-state index in [0.717, 1.165) is 5.56 Å². The van der Waals surface area contributed by atoms with Gasteiger partial charge in [-0.2, -0.15) is 0 Å². The van der Waals surface area contributed by atoms with Gasteiger partial charge in [0.25, 0.3) is 0 Å². The van der Waals surface area contributed by atoms with Crippen molar-refractivity contribution in [2.24, 2.45) is 0 Å². The van der Waals surface area contributed by atoms with Crippen molar-refractivity contribution >= 4 is 17.6 Å². The fourth-order valence-electron chi connectivity index (χ4n) is 1.84. The van der Waals surface area contributed by atoms with E-state index in [1.165, 1.54) is 6.07 Å². The van der Waals surface area contributed by atoms with Gasteiger partial charge >= 0.3 is 5.97 Å². The summed E-state index contributed by atoms with van der Waals surface area (Å²) in [5, 5.41) is 9.41. The van der Waals surface area contributed by atoms with Gasteiger partial charge in [-0.05, 0) is 24.6 Å². The molecular weight excluding hydrogens is 264 g/mol. The lowest BCUT2D eigenvalue weighted by molar-refractivity contribution is 0.0697. The summed E-state index contributed by atoms with van der Waals surface area (Å²) in [6.07, 6.45) is 0. The largest absolute Gasteiger partial charge is 0.492 e. The molecule has 0 saturated heterocycles. The van der Waals surface area contributed by atoms with Gasteiger partial charge < -0.3 is 9.84 Å². The lowest BCUT2D eigenvalue weighted by atomic mass is 10.0. The second-order valence-electron chi connectivity index (χ2n) is 3.94. The average Bonchev–Trinajstić information content (AvgIpc) is 2.41. The van der Waals surface area contributed by atoms with Gasteiger partial charge in [-0.25, -0.2) is 4.79 Å². The molecule has 2 aromatic rings. The number of carboxylic acid groups (broad SMARTS) is 1. The molecule has 0 fully saturated rings. The number of ether oxygens (including phenoxy) is 1. The Morgan fingerprint density at radius 1 is 1.26 bits per heavy atom. The van der Waals surface area contributed by atoms with Gasteiger partial charge in [-0.1, -0.05) is 41.9 Å². The lowest BCUT2D eigenvalue weighted by Gasteiger charge is -2.13. The van der Waals surface area contributed by atoms with Crippen LogP contribution < -0.4 is 4.74 Å². The highest BCUT2D eigenvalue weighted by Crippen LogP contribution is 2.37. The van der Waals surface area contributed by atoms with Crippen LogP contribution in [-0.2, 0) is 0 Å². The molecule has 0 heterocycles. The second-order valence-corrected chi connectivity index (χ2v) is 4.35. The number of carbonyl (C=O) groups is 1. The minimum absolute atomic E-state index is 0.146. The van der Waals surface area contributed by atoms with E-state index in [4.69, 9.17) is 21.4 Å². The van der Waals surface area contributed by atoms with E-state index in [1.807, 2.05) is 37.3 Å². The number of halogens is 1. The van der Waals surface area contributed by atoms with Gasteiger partial charge in [0.15, 0.2) is 0 Å². The number of rotatable bonds is 4. The molecule has 0 aliphatic carbocycles. The van der Waals surface area contributed by atoms with Crippen LogP contribution in [0.4, 0.5) is 0 Å². The van der Waals surface area contributed by atoms with Gasteiger partial charge in [0.2, 0.25) is 0 Å². The molecule has 0 unspecified atom stereocenters. The van der Waals surface area contributed by atoms with Crippen LogP contribution in [-0.4, -0.2) is 17.7 Å². The Hall–Kier alpha value is -2.00. The number of carboxylic acids is 1. The Morgan fingerprint density at radius 3 is 2.53 bits per heavy atom. The Morgan fingerprint density at radius 2 is 1.95 bits per heavy atom. The first kappa shape index (κ1) is 13.4. The van der Waals surface area contributed by atoms with Crippen LogP contribution in [0.1, 0.15) is 17.3 Å². The molecule has 0 aliphatic rings. The van der Waals surface area contributed by atoms with Crippen LogP contribution in [0.5, 0.6) is 5.75 Å². The van der Waals surface area contributed by atoms with Crippen LogP contribution in [0.15, 0.2) is 42.5 Å². The van der Waals surface area contributed by atoms with Crippen LogP contribution in [0.3, 0.4) is 0 Å². The highest BCUT2D eigenvalue weighted by Gasteiger charge is 2.15. The van der Waals surface area contributed by atoms with Crippen molar-refractivity contribution in [3.05, 3.63) is 53.1 Å². The Kier molecular flexibility index (Phi) is 4.07. The van der Waals surface area contributed by atoms with E-state index in [0.29, 0.717) is 22.9 Å². The second kappa shape index (κ2) is 5.76. The SMILES string of the molecule is CCOc1c(Cl)cc(C(=O)O)cc1-c1ccccc1. The van der Waals surface area contributed by atoms with Crippen molar-refractivity contribution in [3.8, 4) is 16.9 Å². The maximum Gasteiger partial charge on any atom is 0.335 e. The topological polar surface area (TPSA) is 46.5 Å². The summed E-state index contributed by atoms with van der Waals surface area (Å²) >= 11 is 6.12. The van der Waals surface area contributed by atoms with Gasteiger partial charge in [0.05, 0.1) is 17.2 Å². The molecule has 0 saturated carbocycles. The molecule has 19 heavy (non-hydrogen) atoms. The molecule has 0 aromatic heterocycles. The fourth-order valence-corrected chi connectivity index (χ4v) is 2.11. The van der Waals surface area contributed by atoms with E-state index >= 15 is 0 Å². The van der Waals surface area contributed by atoms with Crippen molar-refractivity contribution in [2.75, 3.05) is 6.61 Å². The van der Waals surface area contributed by atoms with Crippen LogP contribution in [0.25, 0.3) is 11.1 Å². The smallest absolute Gasteiger partial charge is 0.335 e. The van der Waals surface area contributed by atoms with Gasteiger partial charge in [0.1, 0.15) is 5.75 Å². The monoisotopic (exact) mass is 276 g/mol. The van der Waals surface area contributed by atoms with Crippen LogP contribution in [0, 0.1) is 0 Å². The van der Waals surface area contributed by atoms with E-state index < -0.39 is 5.97 Å². The molecule has 0 amide bonds. The highest BCUT2D eigenvalue weighted by molar-refractivity contribution is 6.33. The maximum atomic E-state index is 11.1. The molecular formula is C15H13ClO3. The average molecular weight is 277 g/mol. The zero-order valence-corrected chi connectivity index (χ0v) is 11.1. The molecule has 1 N–H and O–H groups in total. The molecule has 0 radical (unpaired) electrons. The predicted molar refractivity (Wildman–Crippen MR) is 75.0 cm³/mol. The van der Waals surface area contributed by atoms with E-state index in [1.54, 1.807) is 6.07 Å². The van der Waals surface area contributed by atoms with Gasteiger partial charge in [0, 0.05) is 5.56 Å². The Balaban J connectivity index is 2.64. The molecule has 0 spiro atoms. The molecule has 98 valence electrons. The molecule has 4 heteroatoms. The molecule has 2 rings (SSSR count). The third kappa shape index (κ3) is 2.88. The number of aromatic carboxylic acids is 1. The predicted octanol–water partition coefficient (Wildman–Crippen LogP) is 4.10. The first-order valence-electron chi connectivity index (χ1n) is 5.88. The number of hydrogen-bond donors (Lipinski definition) is 1. The lowest BCUT2D eigenvalue weighted by Crippen LogP contribution is -2.00. The van der Waals surface area contributed by atoms with E-state index in [9.17, 15) is 4.79 Å². The first-order valence-corrected chi connectivity index (χ1v) is 6.26. The molecule has 0 bridgehead atoms. The Labute approximate surface area is 116 Å². The molecule has 2 aromatic carbocycles. The van der Waals surface area contributed by atoms with Crippen molar-refractivity contribution < 1.29 is 14.6 Å². The quantitative estimate of drug-likeness (QED) is 0.914. The first-order chi connectivity index (χ1) is 9.13. The summed E-state index contributed by atoms with van der Waals surface area (Å²) < 4.78 is 5.53. The zero-order valence-electron chi connectivity index (χ0n) is 10.4. The summed E-state index contributed by atoms with van der Waals surface area (Å²) in [6, 6.07) is 12.4. The number of benzene rings is 2. The van der Waals surface area contributed by atoms with Crippen LogP contribution in [0.2, 0.25) is 5.02 Å². The highest BCUT2D eigenvalue weighted by atomic mass is 35.5.